The SMILES string of the molecule is CC(=O)N(CC(=O)Nc1c(C)cc(C)cc1C)Cc1ccccc1Cl. The van der Waals surface area contributed by atoms with Crippen LogP contribution in [0, 0.1) is 20.8 Å². The molecule has 2 amide bonds. The number of hydrogen-bond acceptors (Lipinski definition) is 2. The highest BCUT2D eigenvalue weighted by Crippen LogP contribution is 2.22. The highest BCUT2D eigenvalue weighted by atomic mass is 35.5. The molecule has 0 bridgehead atoms. The third-order valence-electron chi connectivity index (χ3n) is 4.04. The number of carbonyl (C=O) groups is 2. The van der Waals surface area contributed by atoms with E-state index in [-0.39, 0.29) is 18.4 Å². The molecule has 0 atom stereocenters. The third kappa shape index (κ3) is 5.07. The van der Waals surface area contributed by atoms with Crippen molar-refractivity contribution in [1.82, 2.24) is 4.90 Å². The van der Waals surface area contributed by atoms with Gasteiger partial charge in [0.2, 0.25) is 11.8 Å². The van der Waals surface area contributed by atoms with Gasteiger partial charge < -0.3 is 10.2 Å². The first-order chi connectivity index (χ1) is 11.8. The lowest BCUT2D eigenvalue weighted by Gasteiger charge is -2.22. The fraction of sp³-hybridized carbons (Fsp3) is 0.300. The largest absolute Gasteiger partial charge is 0.329 e. The summed E-state index contributed by atoms with van der Waals surface area (Å²) in [6, 6.07) is 11.4. The average Bonchev–Trinajstić information content (AvgIpc) is 2.52. The van der Waals surface area contributed by atoms with Crippen molar-refractivity contribution in [1.29, 1.82) is 0 Å². The van der Waals surface area contributed by atoms with Gasteiger partial charge in [-0.05, 0) is 43.5 Å². The van der Waals surface area contributed by atoms with Crippen LogP contribution in [0.15, 0.2) is 36.4 Å². The molecule has 0 aliphatic rings. The number of nitrogens with zero attached hydrogens (tertiary/aromatic N) is 1. The topological polar surface area (TPSA) is 49.4 Å². The van der Waals surface area contributed by atoms with E-state index in [0.717, 1.165) is 27.9 Å². The first-order valence-corrected chi connectivity index (χ1v) is 8.52. The molecule has 4 nitrogen and oxygen atoms in total. The maximum Gasteiger partial charge on any atom is 0.244 e. The van der Waals surface area contributed by atoms with E-state index >= 15 is 0 Å². The molecule has 1 N–H and O–H groups in total. The molecule has 0 unspecified atom stereocenters. The Hall–Kier alpha value is -2.33. The predicted molar refractivity (Wildman–Crippen MR) is 102 cm³/mol. The molecule has 5 heteroatoms. The monoisotopic (exact) mass is 358 g/mol. The van der Waals surface area contributed by atoms with E-state index in [4.69, 9.17) is 11.6 Å². The van der Waals surface area contributed by atoms with E-state index in [2.05, 4.69) is 5.32 Å². The minimum absolute atomic E-state index is 0.0205. The number of amides is 2. The van der Waals surface area contributed by atoms with Gasteiger partial charge in [0.25, 0.3) is 0 Å². The van der Waals surface area contributed by atoms with Crippen LogP contribution in [0.25, 0.3) is 0 Å². The van der Waals surface area contributed by atoms with Gasteiger partial charge in [-0.15, -0.1) is 0 Å². The number of aryl methyl sites for hydroxylation is 3. The van der Waals surface area contributed by atoms with E-state index < -0.39 is 0 Å². The molecule has 0 aliphatic carbocycles. The van der Waals surface area contributed by atoms with Crippen LogP contribution in [-0.2, 0) is 16.1 Å². The molecule has 25 heavy (non-hydrogen) atoms. The molecule has 2 aromatic carbocycles. The van der Waals surface area contributed by atoms with Crippen molar-refractivity contribution in [2.24, 2.45) is 0 Å². The number of nitrogens with one attached hydrogen (secondary N) is 1. The van der Waals surface area contributed by atoms with Gasteiger partial charge >= 0.3 is 0 Å². The lowest BCUT2D eigenvalue weighted by molar-refractivity contribution is -0.133. The zero-order valence-corrected chi connectivity index (χ0v) is 15.8. The summed E-state index contributed by atoms with van der Waals surface area (Å²) in [7, 11) is 0. The number of carbonyl (C=O) groups excluding carboxylic acids is 2. The summed E-state index contributed by atoms with van der Waals surface area (Å²) in [5.74, 6) is -0.398. The van der Waals surface area contributed by atoms with E-state index in [1.165, 1.54) is 11.8 Å². The fourth-order valence-electron chi connectivity index (χ4n) is 2.84. The van der Waals surface area contributed by atoms with Crippen molar-refractivity contribution in [2.45, 2.75) is 34.2 Å². The van der Waals surface area contributed by atoms with Crippen LogP contribution in [0.2, 0.25) is 5.02 Å². The normalized spacial score (nSPS) is 10.4. The fourth-order valence-corrected chi connectivity index (χ4v) is 3.04. The third-order valence-corrected chi connectivity index (χ3v) is 4.41. The van der Waals surface area contributed by atoms with Gasteiger partial charge in [-0.1, -0.05) is 47.5 Å². The summed E-state index contributed by atoms with van der Waals surface area (Å²) in [6.07, 6.45) is 0. The predicted octanol–water partition coefficient (Wildman–Crippen LogP) is 4.25. The Morgan fingerprint density at radius 2 is 1.68 bits per heavy atom. The molecule has 0 fully saturated rings. The maximum absolute atomic E-state index is 12.5. The first-order valence-electron chi connectivity index (χ1n) is 8.14. The van der Waals surface area contributed by atoms with Gasteiger partial charge in [-0.2, -0.15) is 0 Å². The summed E-state index contributed by atoms with van der Waals surface area (Å²) in [6.45, 7) is 7.67. The van der Waals surface area contributed by atoms with Gasteiger partial charge in [0.05, 0.1) is 0 Å². The Morgan fingerprint density at radius 1 is 1.08 bits per heavy atom. The van der Waals surface area contributed by atoms with E-state index in [9.17, 15) is 9.59 Å². The number of benzene rings is 2. The second-order valence-corrected chi connectivity index (χ2v) is 6.70. The summed E-state index contributed by atoms with van der Waals surface area (Å²) < 4.78 is 0. The Labute approximate surface area is 153 Å². The summed E-state index contributed by atoms with van der Waals surface area (Å²) >= 11 is 6.16. The van der Waals surface area contributed by atoms with Crippen molar-refractivity contribution < 1.29 is 9.59 Å². The van der Waals surface area contributed by atoms with Crippen LogP contribution in [0.4, 0.5) is 5.69 Å². The Bertz CT molecular complexity index is 779. The van der Waals surface area contributed by atoms with Gasteiger partial charge in [-0.25, -0.2) is 0 Å². The van der Waals surface area contributed by atoms with Crippen LogP contribution in [0.3, 0.4) is 0 Å². The van der Waals surface area contributed by atoms with Crippen molar-refractivity contribution in [3.05, 3.63) is 63.7 Å². The van der Waals surface area contributed by atoms with Gasteiger partial charge in [0.15, 0.2) is 0 Å². The summed E-state index contributed by atoms with van der Waals surface area (Å²) in [5.41, 5.74) is 4.78. The van der Waals surface area contributed by atoms with E-state index in [1.54, 1.807) is 6.07 Å². The summed E-state index contributed by atoms with van der Waals surface area (Å²) in [4.78, 5) is 25.9. The molecular weight excluding hydrogens is 336 g/mol. The molecule has 0 aliphatic heterocycles. The number of anilines is 1. The van der Waals surface area contributed by atoms with Gasteiger partial charge in [0.1, 0.15) is 6.54 Å². The molecular formula is C20H23ClN2O2. The van der Waals surface area contributed by atoms with Crippen molar-refractivity contribution in [3.63, 3.8) is 0 Å². The van der Waals surface area contributed by atoms with Crippen molar-refractivity contribution >= 4 is 29.1 Å². The molecule has 2 rings (SSSR count). The molecule has 132 valence electrons. The molecule has 2 aromatic rings. The highest BCUT2D eigenvalue weighted by Gasteiger charge is 2.16. The van der Waals surface area contributed by atoms with Gasteiger partial charge in [0, 0.05) is 24.2 Å². The van der Waals surface area contributed by atoms with Crippen LogP contribution < -0.4 is 5.32 Å². The van der Waals surface area contributed by atoms with Gasteiger partial charge in [-0.3, -0.25) is 9.59 Å². The number of rotatable bonds is 5. The first kappa shape index (κ1) is 19.0. The number of hydrogen-bond donors (Lipinski definition) is 1. The molecule has 0 radical (unpaired) electrons. The quantitative estimate of drug-likeness (QED) is 0.868. The molecule has 0 saturated carbocycles. The van der Waals surface area contributed by atoms with Crippen LogP contribution >= 0.6 is 11.6 Å². The molecule has 0 heterocycles. The lowest BCUT2D eigenvalue weighted by atomic mass is 10.1. The van der Waals surface area contributed by atoms with Crippen molar-refractivity contribution in [2.75, 3.05) is 11.9 Å². The second-order valence-electron chi connectivity index (χ2n) is 6.29. The summed E-state index contributed by atoms with van der Waals surface area (Å²) in [5, 5.41) is 3.51. The molecule has 0 saturated heterocycles. The molecule has 0 spiro atoms. The highest BCUT2D eigenvalue weighted by molar-refractivity contribution is 6.31. The second kappa shape index (κ2) is 8.17. The standard InChI is InChI=1S/C20H23ClN2O2/c1-13-9-14(2)20(15(3)10-13)22-19(25)12-23(16(4)24)11-17-7-5-6-8-18(17)21/h5-10H,11-12H2,1-4H3,(H,22,25). The zero-order valence-electron chi connectivity index (χ0n) is 15.0. The maximum atomic E-state index is 12.5. The minimum atomic E-state index is -0.225. The van der Waals surface area contributed by atoms with E-state index in [1.807, 2.05) is 51.1 Å². The zero-order chi connectivity index (χ0) is 18.6. The minimum Gasteiger partial charge on any atom is -0.329 e. The van der Waals surface area contributed by atoms with E-state index in [0.29, 0.717) is 11.6 Å². The number of halogens is 1. The Balaban J connectivity index is 2.11. The van der Waals surface area contributed by atoms with Crippen LogP contribution in [0.5, 0.6) is 0 Å². The average molecular weight is 359 g/mol. The van der Waals surface area contributed by atoms with Crippen LogP contribution in [0.1, 0.15) is 29.2 Å². The Kier molecular flexibility index (Phi) is 6.21. The smallest absolute Gasteiger partial charge is 0.244 e. The lowest BCUT2D eigenvalue weighted by Crippen LogP contribution is -2.36. The Morgan fingerprint density at radius 3 is 2.24 bits per heavy atom. The molecule has 0 aromatic heterocycles. The van der Waals surface area contributed by atoms with Crippen molar-refractivity contribution in [3.8, 4) is 0 Å². The van der Waals surface area contributed by atoms with Crippen LogP contribution in [-0.4, -0.2) is 23.3 Å².